The maximum absolute atomic E-state index is 11.4. The average Bonchev–Trinajstić information content (AvgIpc) is 2.67. The Morgan fingerprint density at radius 3 is 2.67 bits per heavy atom. The fraction of sp³-hybridized carbons (Fsp3) is 0.667. The van der Waals surface area contributed by atoms with Crippen molar-refractivity contribution in [3.05, 3.63) is 0 Å². The minimum atomic E-state index is -2.95. The third-order valence-corrected chi connectivity index (χ3v) is 4.62. The normalized spacial score (nSPS) is 21.8. The lowest BCUT2D eigenvalue weighted by Gasteiger charge is -2.23. The third kappa shape index (κ3) is 2.61. The fourth-order valence-corrected chi connectivity index (χ4v) is 3.63. The Morgan fingerprint density at radius 1 is 1.39 bits per heavy atom. The molecule has 18 heavy (non-hydrogen) atoms. The van der Waals surface area contributed by atoms with Crippen LogP contribution in [-0.2, 0) is 9.84 Å². The van der Waals surface area contributed by atoms with Crippen molar-refractivity contribution in [1.29, 1.82) is 0 Å². The molecule has 1 saturated heterocycles. The van der Waals surface area contributed by atoms with Gasteiger partial charge in [0.25, 0.3) is 0 Å². The number of anilines is 2. The van der Waals surface area contributed by atoms with Crippen LogP contribution in [0.25, 0.3) is 0 Å². The molecule has 0 spiro atoms. The molecule has 0 radical (unpaired) electrons. The number of sulfone groups is 1. The highest BCUT2D eigenvalue weighted by Crippen LogP contribution is 2.21. The van der Waals surface area contributed by atoms with Crippen molar-refractivity contribution in [2.24, 2.45) is 0 Å². The van der Waals surface area contributed by atoms with Gasteiger partial charge in [-0.1, -0.05) is 0 Å². The molecule has 2 rings (SSSR count). The van der Waals surface area contributed by atoms with Crippen LogP contribution in [0.2, 0.25) is 0 Å². The van der Waals surface area contributed by atoms with Crippen molar-refractivity contribution < 1.29 is 13.2 Å². The van der Waals surface area contributed by atoms with Crippen molar-refractivity contribution in [2.45, 2.75) is 12.5 Å². The first kappa shape index (κ1) is 12.8. The van der Waals surface area contributed by atoms with Crippen LogP contribution in [-0.4, -0.2) is 55.1 Å². The summed E-state index contributed by atoms with van der Waals surface area (Å²) in [6.07, 6.45) is 0.562. The van der Waals surface area contributed by atoms with Gasteiger partial charge in [0, 0.05) is 13.1 Å². The molecule has 1 aliphatic heterocycles. The monoisotopic (exact) mass is 273 g/mol. The summed E-state index contributed by atoms with van der Waals surface area (Å²) in [4.78, 5) is 13.5. The third-order valence-electron chi connectivity index (χ3n) is 2.87. The van der Waals surface area contributed by atoms with E-state index in [0.717, 1.165) is 0 Å². The second kappa shape index (κ2) is 4.56. The van der Waals surface area contributed by atoms with Gasteiger partial charge in [0.05, 0.1) is 18.6 Å². The Morgan fingerprint density at radius 2 is 2.11 bits per heavy atom. The highest BCUT2D eigenvalue weighted by atomic mass is 32.2. The quantitative estimate of drug-likeness (QED) is 0.753. The molecule has 8 nitrogen and oxygen atoms in total. The zero-order valence-electron chi connectivity index (χ0n) is 10.2. The Labute approximate surface area is 105 Å². The molecule has 1 atom stereocenters. The standard InChI is InChI=1S/C9H15N5O3S/c1-14(6-3-4-18(15,16)5-6)8-11-7(10)12-9(13-8)17-2/h6H,3-5H2,1-2H3,(H2,10,11,12,13). The first-order valence-corrected chi connectivity index (χ1v) is 7.22. The molecule has 1 unspecified atom stereocenters. The minimum absolute atomic E-state index is 0.0459. The number of hydrogen-bond donors (Lipinski definition) is 1. The maximum atomic E-state index is 11.4. The van der Waals surface area contributed by atoms with Crippen molar-refractivity contribution in [3.63, 3.8) is 0 Å². The van der Waals surface area contributed by atoms with E-state index in [2.05, 4.69) is 15.0 Å². The van der Waals surface area contributed by atoms with E-state index in [-0.39, 0.29) is 29.5 Å². The van der Waals surface area contributed by atoms with Gasteiger partial charge in [-0.3, -0.25) is 0 Å². The summed E-state index contributed by atoms with van der Waals surface area (Å²) in [5, 5.41) is 0. The van der Waals surface area contributed by atoms with E-state index >= 15 is 0 Å². The lowest BCUT2D eigenvalue weighted by molar-refractivity contribution is 0.378. The van der Waals surface area contributed by atoms with Crippen LogP contribution in [0.15, 0.2) is 0 Å². The molecular weight excluding hydrogens is 258 g/mol. The zero-order valence-corrected chi connectivity index (χ0v) is 11.0. The molecule has 9 heteroatoms. The molecule has 1 aromatic rings. The molecule has 1 aromatic heterocycles. The summed E-state index contributed by atoms with van der Waals surface area (Å²) in [7, 11) is 0.215. The lowest BCUT2D eigenvalue weighted by Crippen LogP contribution is -2.34. The number of nitrogens with two attached hydrogens (primary N) is 1. The second-order valence-electron chi connectivity index (χ2n) is 4.15. The van der Waals surface area contributed by atoms with E-state index in [9.17, 15) is 8.42 Å². The number of hydrogen-bond acceptors (Lipinski definition) is 8. The Kier molecular flexibility index (Phi) is 3.24. The summed E-state index contributed by atoms with van der Waals surface area (Å²) in [6.45, 7) is 0. The SMILES string of the molecule is COc1nc(N)nc(N(C)C2CCS(=O)(=O)C2)n1. The largest absolute Gasteiger partial charge is 0.467 e. The maximum Gasteiger partial charge on any atom is 0.322 e. The van der Waals surface area contributed by atoms with Gasteiger partial charge in [-0.05, 0) is 6.42 Å². The second-order valence-corrected chi connectivity index (χ2v) is 6.38. The van der Waals surface area contributed by atoms with Gasteiger partial charge < -0.3 is 15.4 Å². The Balaban J connectivity index is 2.23. The first-order valence-electron chi connectivity index (χ1n) is 5.40. The average molecular weight is 273 g/mol. The molecule has 0 aliphatic carbocycles. The van der Waals surface area contributed by atoms with Gasteiger partial charge in [-0.25, -0.2) is 8.42 Å². The molecule has 0 aromatic carbocycles. The number of aromatic nitrogens is 3. The van der Waals surface area contributed by atoms with Crippen LogP contribution in [0.5, 0.6) is 6.01 Å². The van der Waals surface area contributed by atoms with E-state index in [1.807, 2.05) is 0 Å². The van der Waals surface area contributed by atoms with Gasteiger partial charge in [-0.2, -0.15) is 15.0 Å². The predicted molar refractivity (Wildman–Crippen MR) is 66.3 cm³/mol. The van der Waals surface area contributed by atoms with Gasteiger partial charge >= 0.3 is 6.01 Å². The van der Waals surface area contributed by atoms with E-state index in [4.69, 9.17) is 10.5 Å². The molecule has 2 heterocycles. The molecule has 0 amide bonds. The Hall–Kier alpha value is -1.64. The highest BCUT2D eigenvalue weighted by Gasteiger charge is 2.32. The number of ether oxygens (including phenoxy) is 1. The number of rotatable bonds is 3. The minimum Gasteiger partial charge on any atom is -0.467 e. The predicted octanol–water partition coefficient (Wildman–Crippen LogP) is -0.914. The summed E-state index contributed by atoms with van der Waals surface area (Å²) < 4.78 is 27.8. The van der Waals surface area contributed by atoms with Crippen LogP contribution < -0.4 is 15.4 Å². The summed E-state index contributed by atoms with van der Waals surface area (Å²) in [5.74, 6) is 0.669. The molecule has 100 valence electrons. The van der Waals surface area contributed by atoms with Crippen LogP contribution in [0.4, 0.5) is 11.9 Å². The molecule has 0 bridgehead atoms. The van der Waals surface area contributed by atoms with Crippen LogP contribution in [0.3, 0.4) is 0 Å². The summed E-state index contributed by atoms with van der Waals surface area (Å²) >= 11 is 0. The number of nitrogens with zero attached hydrogens (tertiary/aromatic N) is 4. The van der Waals surface area contributed by atoms with E-state index in [0.29, 0.717) is 12.4 Å². The van der Waals surface area contributed by atoms with E-state index < -0.39 is 9.84 Å². The van der Waals surface area contributed by atoms with Crippen LogP contribution in [0, 0.1) is 0 Å². The van der Waals surface area contributed by atoms with E-state index in [1.54, 1.807) is 11.9 Å². The summed E-state index contributed by atoms with van der Waals surface area (Å²) in [5.41, 5.74) is 5.54. The fourth-order valence-electron chi connectivity index (χ4n) is 1.85. The molecule has 1 fully saturated rings. The van der Waals surface area contributed by atoms with Gasteiger partial charge in [0.2, 0.25) is 11.9 Å². The summed E-state index contributed by atoms with van der Waals surface area (Å²) in [6, 6.07) is -0.0216. The number of nitrogen functional groups attached to an aromatic ring is 1. The van der Waals surface area contributed by atoms with Crippen molar-refractivity contribution in [1.82, 2.24) is 15.0 Å². The van der Waals surface area contributed by atoms with Crippen LogP contribution >= 0.6 is 0 Å². The van der Waals surface area contributed by atoms with Gasteiger partial charge in [0.1, 0.15) is 0 Å². The zero-order chi connectivity index (χ0) is 13.3. The van der Waals surface area contributed by atoms with Crippen molar-refractivity contribution >= 4 is 21.7 Å². The van der Waals surface area contributed by atoms with Crippen molar-refractivity contribution in [2.75, 3.05) is 36.3 Å². The Bertz CT molecular complexity index is 547. The highest BCUT2D eigenvalue weighted by molar-refractivity contribution is 7.91. The molecular formula is C9H15N5O3S. The smallest absolute Gasteiger partial charge is 0.322 e. The first-order chi connectivity index (χ1) is 8.41. The number of methoxy groups -OCH3 is 1. The lowest BCUT2D eigenvalue weighted by atomic mass is 10.2. The molecule has 1 aliphatic rings. The van der Waals surface area contributed by atoms with Gasteiger partial charge in [0.15, 0.2) is 9.84 Å². The molecule has 2 N–H and O–H groups in total. The van der Waals surface area contributed by atoms with Gasteiger partial charge in [-0.15, -0.1) is 0 Å². The molecule has 0 saturated carbocycles. The van der Waals surface area contributed by atoms with Crippen LogP contribution in [0.1, 0.15) is 6.42 Å². The van der Waals surface area contributed by atoms with Crippen molar-refractivity contribution in [3.8, 4) is 6.01 Å². The topological polar surface area (TPSA) is 111 Å². The van der Waals surface area contributed by atoms with E-state index in [1.165, 1.54) is 7.11 Å².